The van der Waals surface area contributed by atoms with Crippen LogP contribution in [0.1, 0.15) is 36.5 Å². The van der Waals surface area contributed by atoms with Crippen LogP contribution in [0.15, 0.2) is 53.2 Å². The molecule has 0 atom stereocenters. The number of nitrogens with zero attached hydrogens (tertiary/aromatic N) is 1. The van der Waals surface area contributed by atoms with Gasteiger partial charge in [0.2, 0.25) is 0 Å². The molecule has 0 saturated carbocycles. The van der Waals surface area contributed by atoms with Gasteiger partial charge < -0.3 is 10.1 Å². The zero-order chi connectivity index (χ0) is 18.7. The lowest BCUT2D eigenvalue weighted by atomic mass is 10.00. The molecule has 0 bridgehead atoms. The van der Waals surface area contributed by atoms with E-state index in [9.17, 15) is 4.79 Å². The summed E-state index contributed by atoms with van der Waals surface area (Å²) in [5.74, 6) is 1.53. The number of ether oxygens (including phenoxy) is 1. The van der Waals surface area contributed by atoms with Crippen molar-refractivity contribution in [3.63, 3.8) is 0 Å². The average Bonchev–Trinajstić information content (AvgIpc) is 2.96. The van der Waals surface area contributed by atoms with Gasteiger partial charge in [-0.05, 0) is 47.4 Å². The van der Waals surface area contributed by atoms with Crippen LogP contribution in [0.2, 0.25) is 5.02 Å². The molecule has 0 saturated heterocycles. The highest BCUT2D eigenvalue weighted by molar-refractivity contribution is 6.30. The molecule has 134 valence electrons. The third kappa shape index (κ3) is 4.14. The van der Waals surface area contributed by atoms with Gasteiger partial charge in [0, 0.05) is 17.0 Å². The highest BCUT2D eigenvalue weighted by atomic mass is 35.5. The van der Waals surface area contributed by atoms with Crippen LogP contribution in [0.3, 0.4) is 0 Å². The van der Waals surface area contributed by atoms with Gasteiger partial charge >= 0.3 is 0 Å². The first-order valence-corrected chi connectivity index (χ1v) is 8.87. The molecule has 1 amide bonds. The van der Waals surface area contributed by atoms with Crippen molar-refractivity contribution in [1.82, 2.24) is 5.32 Å². The molecule has 1 heterocycles. The Morgan fingerprint density at radius 3 is 2.58 bits per heavy atom. The molecule has 0 aliphatic carbocycles. The second-order valence-electron chi connectivity index (χ2n) is 6.50. The Hall–Kier alpha value is -2.59. The molecular formula is C21H21ClN2O2. The average molecular weight is 369 g/mol. The predicted octanol–water partition coefficient (Wildman–Crippen LogP) is 4.58. The van der Waals surface area contributed by atoms with Crippen molar-refractivity contribution in [3.05, 3.63) is 69.9 Å². The molecule has 0 unspecified atom stereocenters. The molecule has 0 aromatic heterocycles. The topological polar surface area (TPSA) is 50.7 Å². The van der Waals surface area contributed by atoms with Crippen molar-refractivity contribution in [2.75, 3.05) is 7.11 Å². The monoisotopic (exact) mass is 368 g/mol. The molecule has 0 radical (unpaired) electrons. The normalized spacial score (nSPS) is 15.3. The first-order valence-electron chi connectivity index (χ1n) is 8.49. The summed E-state index contributed by atoms with van der Waals surface area (Å²) < 4.78 is 5.42. The minimum absolute atomic E-state index is 0.203. The van der Waals surface area contributed by atoms with Crippen LogP contribution in [-0.2, 0) is 11.2 Å². The summed E-state index contributed by atoms with van der Waals surface area (Å²) in [6.07, 6.45) is 2.32. The maximum absolute atomic E-state index is 12.3. The van der Waals surface area contributed by atoms with Crippen molar-refractivity contribution in [2.45, 2.75) is 26.2 Å². The highest BCUT2D eigenvalue weighted by Crippen LogP contribution is 2.27. The zero-order valence-corrected chi connectivity index (χ0v) is 15.8. The third-order valence-corrected chi connectivity index (χ3v) is 4.50. The van der Waals surface area contributed by atoms with E-state index < -0.39 is 0 Å². The number of aliphatic imine (C=N–C) groups is 1. The fourth-order valence-corrected chi connectivity index (χ4v) is 2.89. The fourth-order valence-electron chi connectivity index (χ4n) is 2.77. The van der Waals surface area contributed by atoms with Crippen molar-refractivity contribution >= 4 is 29.4 Å². The first kappa shape index (κ1) is 18.2. The first-order chi connectivity index (χ1) is 12.5. The van der Waals surface area contributed by atoms with Crippen LogP contribution < -0.4 is 10.1 Å². The number of benzene rings is 2. The van der Waals surface area contributed by atoms with Crippen LogP contribution in [0.5, 0.6) is 5.75 Å². The number of rotatable bonds is 5. The van der Waals surface area contributed by atoms with Gasteiger partial charge in [-0.15, -0.1) is 0 Å². The lowest BCUT2D eigenvalue weighted by molar-refractivity contribution is -0.115. The van der Waals surface area contributed by atoms with E-state index in [1.54, 1.807) is 13.2 Å². The summed E-state index contributed by atoms with van der Waals surface area (Å²) >= 11 is 5.91. The Morgan fingerprint density at radius 1 is 1.19 bits per heavy atom. The van der Waals surface area contributed by atoms with E-state index in [1.807, 2.05) is 42.5 Å². The number of carbonyl (C=O) groups is 1. The predicted molar refractivity (Wildman–Crippen MR) is 106 cm³/mol. The number of nitrogens with one attached hydrogen (secondary N) is 1. The van der Waals surface area contributed by atoms with Gasteiger partial charge in [-0.1, -0.05) is 43.6 Å². The van der Waals surface area contributed by atoms with Crippen LogP contribution in [0.25, 0.3) is 6.08 Å². The molecular weight excluding hydrogens is 348 g/mol. The number of hydrogen-bond acceptors (Lipinski definition) is 3. The van der Waals surface area contributed by atoms with E-state index in [2.05, 4.69) is 24.2 Å². The maximum atomic E-state index is 12.3. The molecule has 26 heavy (non-hydrogen) atoms. The van der Waals surface area contributed by atoms with Crippen molar-refractivity contribution in [1.29, 1.82) is 0 Å². The van der Waals surface area contributed by atoms with E-state index >= 15 is 0 Å². The Bertz CT molecular complexity index is 883. The summed E-state index contributed by atoms with van der Waals surface area (Å²) in [7, 11) is 1.62. The second kappa shape index (κ2) is 7.75. The highest BCUT2D eigenvalue weighted by Gasteiger charge is 2.20. The van der Waals surface area contributed by atoms with Crippen LogP contribution in [-0.4, -0.2) is 18.9 Å². The van der Waals surface area contributed by atoms with Gasteiger partial charge in [0.05, 0.1) is 7.11 Å². The van der Waals surface area contributed by atoms with E-state index in [1.165, 1.54) is 5.56 Å². The maximum Gasteiger partial charge on any atom is 0.275 e. The summed E-state index contributed by atoms with van der Waals surface area (Å²) in [6.45, 7) is 4.26. The Labute approximate surface area is 158 Å². The molecule has 1 aliphatic heterocycles. The quantitative estimate of drug-likeness (QED) is 0.785. The Morgan fingerprint density at radius 2 is 1.92 bits per heavy atom. The number of hydrogen-bond donors (Lipinski definition) is 1. The zero-order valence-electron chi connectivity index (χ0n) is 15.0. The number of carbonyl (C=O) groups excluding carboxylic acids is 1. The minimum Gasteiger partial charge on any atom is -0.496 e. The van der Waals surface area contributed by atoms with Crippen LogP contribution >= 0.6 is 11.6 Å². The number of methoxy groups -OCH3 is 1. The number of halogens is 1. The summed E-state index contributed by atoms with van der Waals surface area (Å²) in [6, 6.07) is 13.5. The van der Waals surface area contributed by atoms with Crippen molar-refractivity contribution < 1.29 is 9.53 Å². The smallest absolute Gasteiger partial charge is 0.275 e. The minimum atomic E-state index is -0.203. The molecule has 5 heteroatoms. The lowest BCUT2D eigenvalue weighted by Crippen LogP contribution is -2.25. The van der Waals surface area contributed by atoms with Gasteiger partial charge in [-0.3, -0.25) is 4.79 Å². The molecule has 4 nitrogen and oxygen atoms in total. The van der Waals surface area contributed by atoms with Gasteiger partial charge in [0.15, 0.2) is 0 Å². The second-order valence-corrected chi connectivity index (χ2v) is 6.94. The largest absolute Gasteiger partial charge is 0.496 e. The van der Waals surface area contributed by atoms with Crippen molar-refractivity contribution in [2.24, 2.45) is 4.99 Å². The van der Waals surface area contributed by atoms with Gasteiger partial charge in [-0.2, -0.15) is 0 Å². The van der Waals surface area contributed by atoms with Crippen LogP contribution in [0, 0.1) is 0 Å². The molecule has 2 aromatic carbocycles. The van der Waals surface area contributed by atoms with Crippen LogP contribution in [0.4, 0.5) is 0 Å². The van der Waals surface area contributed by atoms with Crippen molar-refractivity contribution in [3.8, 4) is 5.75 Å². The van der Waals surface area contributed by atoms with Gasteiger partial charge in [0.1, 0.15) is 17.3 Å². The summed E-state index contributed by atoms with van der Waals surface area (Å²) in [4.78, 5) is 16.8. The SMILES string of the molecule is COc1ccc(C(C)C)cc1/C=C1\N=C(Cc2ccc(Cl)cc2)NC1=O. The third-order valence-electron chi connectivity index (χ3n) is 4.24. The van der Waals surface area contributed by atoms with E-state index in [0.717, 1.165) is 16.9 Å². The Kier molecular flexibility index (Phi) is 5.43. The molecule has 0 fully saturated rings. The van der Waals surface area contributed by atoms with Gasteiger partial charge in [0.25, 0.3) is 5.91 Å². The van der Waals surface area contributed by atoms with Gasteiger partial charge in [-0.25, -0.2) is 4.99 Å². The number of amides is 1. The molecule has 0 spiro atoms. The molecule has 1 N–H and O–H groups in total. The molecule has 2 aromatic rings. The summed E-state index contributed by atoms with van der Waals surface area (Å²) in [5, 5.41) is 3.52. The summed E-state index contributed by atoms with van der Waals surface area (Å²) in [5.41, 5.74) is 3.45. The van der Waals surface area contributed by atoms with E-state index in [0.29, 0.717) is 28.9 Å². The van der Waals surface area contributed by atoms with E-state index in [4.69, 9.17) is 16.3 Å². The Balaban J connectivity index is 1.88. The molecule has 3 rings (SSSR count). The van der Waals surface area contributed by atoms with E-state index in [-0.39, 0.29) is 5.91 Å². The lowest BCUT2D eigenvalue weighted by Gasteiger charge is -2.10. The molecule has 1 aliphatic rings. The standard InChI is InChI=1S/C21H21ClN2O2/c1-13(2)15-6-9-19(26-3)16(11-15)12-18-21(25)24-20(23-18)10-14-4-7-17(22)8-5-14/h4-9,11-13H,10H2,1-3H3,(H,23,24,25)/b18-12-. The number of amidine groups is 1. The fraction of sp³-hybridized carbons (Fsp3) is 0.238.